The molecule has 1 unspecified atom stereocenters. The van der Waals surface area contributed by atoms with Gasteiger partial charge in [-0.15, -0.1) is 0 Å². The predicted octanol–water partition coefficient (Wildman–Crippen LogP) is 2.55. The molecule has 19 heavy (non-hydrogen) atoms. The van der Waals surface area contributed by atoms with Crippen LogP contribution in [-0.4, -0.2) is 36.0 Å². The number of nitrogens with zero attached hydrogens (tertiary/aromatic N) is 1. The van der Waals surface area contributed by atoms with Crippen LogP contribution < -0.4 is 5.32 Å². The lowest BCUT2D eigenvalue weighted by Crippen LogP contribution is -2.37. The fourth-order valence-corrected chi connectivity index (χ4v) is 2.96. The Labute approximate surface area is 120 Å². The Morgan fingerprint density at radius 3 is 2.84 bits per heavy atom. The van der Waals surface area contributed by atoms with Gasteiger partial charge in [0.1, 0.15) is 5.82 Å². The maximum atomic E-state index is 13.1. The molecule has 2 fully saturated rings. The lowest BCUT2D eigenvalue weighted by Gasteiger charge is -2.15. The van der Waals surface area contributed by atoms with Crippen LogP contribution in [-0.2, 0) is 0 Å². The van der Waals surface area contributed by atoms with Crippen LogP contribution in [0.1, 0.15) is 29.6 Å². The monoisotopic (exact) mass is 326 g/mol. The number of rotatable bonds is 3. The summed E-state index contributed by atoms with van der Waals surface area (Å²) in [6.45, 7) is 2.02. The van der Waals surface area contributed by atoms with E-state index in [1.807, 2.05) is 0 Å². The summed E-state index contributed by atoms with van der Waals surface area (Å²) in [6.07, 6.45) is 3.60. The van der Waals surface area contributed by atoms with Crippen molar-refractivity contribution in [3.05, 3.63) is 34.1 Å². The van der Waals surface area contributed by atoms with Gasteiger partial charge in [-0.05, 0) is 53.4 Å². The SMILES string of the molecule is O=C(NC1CCN(C2CC2)C1)c1ccc(F)c(Br)c1. The molecule has 0 bridgehead atoms. The Hall–Kier alpha value is -0.940. The van der Waals surface area contributed by atoms with E-state index < -0.39 is 0 Å². The number of benzene rings is 1. The van der Waals surface area contributed by atoms with Crippen molar-refractivity contribution < 1.29 is 9.18 Å². The number of amides is 1. The van der Waals surface area contributed by atoms with E-state index in [0.717, 1.165) is 25.6 Å². The molecule has 3 nitrogen and oxygen atoms in total. The third-order valence-corrected chi connectivity index (χ3v) is 4.41. The quantitative estimate of drug-likeness (QED) is 0.925. The number of carbonyl (C=O) groups excluding carboxylic acids is 1. The Morgan fingerprint density at radius 1 is 1.37 bits per heavy atom. The lowest BCUT2D eigenvalue weighted by molar-refractivity contribution is 0.0937. The number of hydrogen-bond acceptors (Lipinski definition) is 2. The van der Waals surface area contributed by atoms with Crippen molar-refractivity contribution in [1.29, 1.82) is 0 Å². The van der Waals surface area contributed by atoms with Gasteiger partial charge in [-0.25, -0.2) is 4.39 Å². The highest BCUT2D eigenvalue weighted by atomic mass is 79.9. The molecular formula is C14H16BrFN2O. The summed E-state index contributed by atoms with van der Waals surface area (Å²) >= 11 is 3.10. The van der Waals surface area contributed by atoms with Crippen LogP contribution in [0.5, 0.6) is 0 Å². The van der Waals surface area contributed by atoms with E-state index in [1.165, 1.54) is 31.0 Å². The molecule has 102 valence electrons. The molecule has 1 atom stereocenters. The number of nitrogens with one attached hydrogen (secondary N) is 1. The van der Waals surface area contributed by atoms with Gasteiger partial charge in [-0.2, -0.15) is 0 Å². The van der Waals surface area contributed by atoms with Crippen LogP contribution in [0.3, 0.4) is 0 Å². The van der Waals surface area contributed by atoms with Crippen LogP contribution in [0.4, 0.5) is 4.39 Å². The molecule has 1 saturated heterocycles. The maximum Gasteiger partial charge on any atom is 0.251 e. The highest BCUT2D eigenvalue weighted by Gasteiger charge is 2.34. The van der Waals surface area contributed by atoms with Crippen molar-refractivity contribution in [3.8, 4) is 0 Å². The van der Waals surface area contributed by atoms with Gasteiger partial charge >= 0.3 is 0 Å². The third kappa shape index (κ3) is 2.98. The molecule has 2 aliphatic rings. The minimum Gasteiger partial charge on any atom is -0.348 e. The fraction of sp³-hybridized carbons (Fsp3) is 0.500. The van der Waals surface area contributed by atoms with Gasteiger partial charge in [0.05, 0.1) is 4.47 Å². The molecule has 0 aromatic heterocycles. The fourth-order valence-electron chi connectivity index (χ4n) is 2.58. The first-order valence-corrected chi connectivity index (χ1v) is 7.43. The number of likely N-dealkylation sites (tertiary alicyclic amines) is 1. The van der Waals surface area contributed by atoms with Crippen LogP contribution in [0.2, 0.25) is 0 Å². The van der Waals surface area contributed by atoms with Gasteiger partial charge in [0.2, 0.25) is 0 Å². The van der Waals surface area contributed by atoms with Gasteiger partial charge in [-0.3, -0.25) is 9.69 Å². The molecule has 1 aromatic rings. The lowest BCUT2D eigenvalue weighted by atomic mass is 10.2. The molecule has 1 heterocycles. The number of halogens is 2. The first kappa shape index (κ1) is 13.1. The zero-order chi connectivity index (χ0) is 13.4. The topological polar surface area (TPSA) is 32.3 Å². The molecule has 1 amide bonds. The van der Waals surface area contributed by atoms with Gasteiger partial charge < -0.3 is 5.32 Å². The molecule has 1 aliphatic heterocycles. The highest BCUT2D eigenvalue weighted by Crippen LogP contribution is 2.29. The van der Waals surface area contributed by atoms with Gasteiger partial charge in [0.25, 0.3) is 5.91 Å². The summed E-state index contributed by atoms with van der Waals surface area (Å²) in [7, 11) is 0. The van der Waals surface area contributed by atoms with Crippen molar-refractivity contribution >= 4 is 21.8 Å². The molecule has 1 saturated carbocycles. The normalized spacial score (nSPS) is 23.6. The minimum atomic E-state index is -0.350. The van der Waals surface area contributed by atoms with E-state index in [2.05, 4.69) is 26.1 Å². The van der Waals surface area contributed by atoms with Crippen LogP contribution in [0.25, 0.3) is 0 Å². The Morgan fingerprint density at radius 2 is 2.16 bits per heavy atom. The van der Waals surface area contributed by atoms with E-state index in [4.69, 9.17) is 0 Å². The van der Waals surface area contributed by atoms with Crippen molar-refractivity contribution in [2.24, 2.45) is 0 Å². The van der Waals surface area contributed by atoms with E-state index in [-0.39, 0.29) is 17.8 Å². The summed E-state index contributed by atoms with van der Waals surface area (Å²) in [5, 5.41) is 3.03. The second kappa shape index (κ2) is 5.21. The third-order valence-electron chi connectivity index (χ3n) is 3.80. The van der Waals surface area contributed by atoms with Crippen molar-refractivity contribution in [1.82, 2.24) is 10.2 Å². The maximum absolute atomic E-state index is 13.1. The Kier molecular flexibility index (Phi) is 3.58. The summed E-state index contributed by atoms with van der Waals surface area (Å²) < 4.78 is 13.5. The van der Waals surface area contributed by atoms with E-state index in [1.54, 1.807) is 0 Å². The standard InChI is InChI=1S/C14H16BrFN2O/c15-12-7-9(1-4-13(12)16)14(19)17-10-5-6-18(8-10)11-2-3-11/h1,4,7,10-11H,2-3,5-6,8H2,(H,17,19). The van der Waals surface area contributed by atoms with E-state index >= 15 is 0 Å². The Bertz CT molecular complexity index is 504. The van der Waals surface area contributed by atoms with Gasteiger partial charge in [0.15, 0.2) is 0 Å². The summed E-state index contributed by atoms with van der Waals surface area (Å²) in [6, 6.07) is 5.32. The molecule has 1 N–H and O–H groups in total. The average Bonchev–Trinajstić information content (AvgIpc) is 3.14. The second-order valence-electron chi connectivity index (χ2n) is 5.31. The smallest absolute Gasteiger partial charge is 0.251 e. The Balaban J connectivity index is 1.60. The molecule has 3 rings (SSSR count). The number of carbonyl (C=O) groups is 1. The van der Waals surface area contributed by atoms with Crippen LogP contribution in [0.15, 0.2) is 22.7 Å². The highest BCUT2D eigenvalue weighted by molar-refractivity contribution is 9.10. The largest absolute Gasteiger partial charge is 0.348 e. The average molecular weight is 327 g/mol. The van der Waals surface area contributed by atoms with Gasteiger partial charge in [0, 0.05) is 30.7 Å². The molecular weight excluding hydrogens is 311 g/mol. The van der Waals surface area contributed by atoms with Crippen molar-refractivity contribution in [2.45, 2.75) is 31.3 Å². The zero-order valence-corrected chi connectivity index (χ0v) is 12.1. The van der Waals surface area contributed by atoms with Gasteiger partial charge in [-0.1, -0.05) is 0 Å². The molecule has 0 spiro atoms. The summed E-state index contributed by atoms with van der Waals surface area (Å²) in [5.41, 5.74) is 0.498. The second-order valence-corrected chi connectivity index (χ2v) is 6.17. The summed E-state index contributed by atoms with van der Waals surface area (Å²) in [5.74, 6) is -0.472. The number of hydrogen-bond donors (Lipinski definition) is 1. The summed E-state index contributed by atoms with van der Waals surface area (Å²) in [4.78, 5) is 14.5. The van der Waals surface area contributed by atoms with Crippen LogP contribution >= 0.6 is 15.9 Å². The predicted molar refractivity (Wildman–Crippen MR) is 74.6 cm³/mol. The first-order valence-electron chi connectivity index (χ1n) is 6.63. The zero-order valence-electron chi connectivity index (χ0n) is 10.5. The van der Waals surface area contributed by atoms with E-state index in [0.29, 0.717) is 10.0 Å². The molecule has 1 aromatic carbocycles. The van der Waals surface area contributed by atoms with Crippen molar-refractivity contribution in [2.75, 3.05) is 13.1 Å². The molecule has 0 radical (unpaired) electrons. The minimum absolute atomic E-state index is 0.122. The first-order chi connectivity index (χ1) is 9.13. The van der Waals surface area contributed by atoms with Crippen molar-refractivity contribution in [3.63, 3.8) is 0 Å². The molecule has 5 heteroatoms. The van der Waals surface area contributed by atoms with Crippen LogP contribution in [0, 0.1) is 5.82 Å². The van der Waals surface area contributed by atoms with E-state index in [9.17, 15) is 9.18 Å². The molecule has 1 aliphatic carbocycles.